The first kappa shape index (κ1) is 14.0. The minimum Gasteiger partial charge on any atom is -0.368 e. The monoisotopic (exact) mass is 308 g/mol. The summed E-state index contributed by atoms with van der Waals surface area (Å²) in [6.07, 6.45) is 4.65. The van der Waals surface area contributed by atoms with E-state index in [1.807, 2.05) is 0 Å². The first-order valence-corrected chi connectivity index (χ1v) is 6.93. The summed E-state index contributed by atoms with van der Waals surface area (Å²) >= 11 is 5.90. The molecule has 1 unspecified atom stereocenters. The number of pyridine rings is 1. The lowest BCUT2D eigenvalue weighted by Crippen LogP contribution is -2.23. The van der Waals surface area contributed by atoms with Gasteiger partial charge in [0.2, 0.25) is 0 Å². The summed E-state index contributed by atoms with van der Waals surface area (Å²) in [7, 11) is 0. The summed E-state index contributed by atoms with van der Waals surface area (Å²) in [5, 5.41) is 6.80. The highest BCUT2D eigenvalue weighted by Crippen LogP contribution is 2.26. The molecule has 0 saturated carbocycles. The fraction of sp³-hybridized carbons (Fsp3) is 0.385. The molecule has 1 N–H and O–H groups in total. The smallest absolute Gasteiger partial charge is 0.255 e. The first-order chi connectivity index (χ1) is 10.2. The van der Waals surface area contributed by atoms with E-state index < -0.39 is 0 Å². The van der Waals surface area contributed by atoms with Crippen molar-refractivity contribution in [3.63, 3.8) is 0 Å². The third kappa shape index (κ3) is 3.20. The predicted molar refractivity (Wildman–Crippen MR) is 72.6 cm³/mol. The maximum Gasteiger partial charge on any atom is 0.255 e. The highest BCUT2D eigenvalue weighted by atomic mass is 35.5. The molecular weight excluding hydrogens is 296 g/mol. The van der Waals surface area contributed by atoms with Crippen molar-refractivity contribution in [1.29, 1.82) is 0 Å². The molecule has 2 aromatic heterocycles. The first-order valence-electron chi connectivity index (χ1n) is 6.56. The van der Waals surface area contributed by atoms with E-state index in [0.29, 0.717) is 28.9 Å². The van der Waals surface area contributed by atoms with Crippen LogP contribution < -0.4 is 5.32 Å². The van der Waals surface area contributed by atoms with Crippen LogP contribution in [0.3, 0.4) is 0 Å². The van der Waals surface area contributed by atoms with Gasteiger partial charge >= 0.3 is 0 Å². The van der Waals surface area contributed by atoms with Crippen molar-refractivity contribution >= 4 is 17.5 Å². The van der Waals surface area contributed by atoms with Crippen molar-refractivity contribution in [2.24, 2.45) is 0 Å². The number of carbonyl (C=O) groups excluding carboxylic acids is 1. The summed E-state index contributed by atoms with van der Waals surface area (Å²) in [6.45, 7) is 0.868. The highest BCUT2D eigenvalue weighted by Gasteiger charge is 2.23. The lowest BCUT2D eigenvalue weighted by molar-refractivity contribution is 0.0835. The zero-order chi connectivity index (χ0) is 14.7. The molecule has 3 rings (SSSR count). The van der Waals surface area contributed by atoms with Gasteiger partial charge in [0.05, 0.1) is 17.1 Å². The van der Waals surface area contributed by atoms with E-state index >= 15 is 0 Å². The Labute approximate surface area is 125 Å². The van der Waals surface area contributed by atoms with Gasteiger partial charge in [-0.2, -0.15) is 4.98 Å². The summed E-state index contributed by atoms with van der Waals surface area (Å²) in [5.41, 5.74) is 0.356. The Morgan fingerprint density at radius 2 is 2.43 bits per heavy atom. The molecule has 0 radical (unpaired) electrons. The van der Waals surface area contributed by atoms with E-state index in [9.17, 15) is 4.79 Å². The van der Waals surface area contributed by atoms with Crippen molar-refractivity contribution in [3.8, 4) is 0 Å². The van der Waals surface area contributed by atoms with Crippen LogP contribution in [-0.4, -0.2) is 27.6 Å². The normalized spacial score (nSPS) is 17.9. The third-order valence-electron chi connectivity index (χ3n) is 3.11. The fourth-order valence-corrected chi connectivity index (χ4v) is 2.26. The number of amides is 1. The zero-order valence-electron chi connectivity index (χ0n) is 11.1. The number of aromatic nitrogens is 3. The van der Waals surface area contributed by atoms with Crippen LogP contribution in [0.15, 0.2) is 23.0 Å². The van der Waals surface area contributed by atoms with Gasteiger partial charge in [0.25, 0.3) is 11.8 Å². The molecule has 1 saturated heterocycles. The van der Waals surface area contributed by atoms with Gasteiger partial charge in [-0.1, -0.05) is 16.8 Å². The number of halogens is 1. The molecule has 1 fully saturated rings. The van der Waals surface area contributed by atoms with Crippen LogP contribution >= 0.6 is 11.6 Å². The molecule has 0 aromatic carbocycles. The number of nitrogens with one attached hydrogen (secondary N) is 1. The van der Waals surface area contributed by atoms with Crippen molar-refractivity contribution in [2.45, 2.75) is 25.5 Å². The van der Waals surface area contributed by atoms with Crippen LogP contribution in [0.4, 0.5) is 0 Å². The second-order valence-electron chi connectivity index (χ2n) is 4.59. The molecule has 7 nitrogen and oxygen atoms in total. The predicted octanol–water partition coefficient (Wildman–Crippen LogP) is 1.90. The van der Waals surface area contributed by atoms with Gasteiger partial charge in [-0.15, -0.1) is 0 Å². The van der Waals surface area contributed by atoms with E-state index in [1.54, 1.807) is 6.07 Å². The van der Waals surface area contributed by atoms with E-state index in [-0.39, 0.29) is 18.6 Å². The molecule has 110 valence electrons. The van der Waals surface area contributed by atoms with E-state index in [1.165, 1.54) is 12.4 Å². The molecule has 1 aliphatic heterocycles. The lowest BCUT2D eigenvalue weighted by atomic mass is 10.2. The van der Waals surface area contributed by atoms with Gasteiger partial charge in [-0.05, 0) is 18.9 Å². The van der Waals surface area contributed by atoms with E-state index in [2.05, 4.69) is 20.4 Å². The highest BCUT2D eigenvalue weighted by molar-refractivity contribution is 6.33. The van der Waals surface area contributed by atoms with Crippen LogP contribution in [0.25, 0.3) is 0 Å². The topological polar surface area (TPSA) is 90.1 Å². The number of carbonyl (C=O) groups is 1. The van der Waals surface area contributed by atoms with Gasteiger partial charge in [0, 0.05) is 19.0 Å². The Balaban J connectivity index is 1.60. The molecule has 0 aliphatic carbocycles. The SMILES string of the molecule is O=C(NCc1noc(C2CCCO2)n1)c1ccncc1Cl. The second kappa shape index (κ2) is 6.19. The van der Waals surface area contributed by atoms with Crippen molar-refractivity contribution in [2.75, 3.05) is 6.61 Å². The van der Waals surface area contributed by atoms with Crippen LogP contribution in [0.5, 0.6) is 0 Å². The van der Waals surface area contributed by atoms with Crippen molar-refractivity contribution < 1.29 is 14.1 Å². The van der Waals surface area contributed by atoms with E-state index in [4.69, 9.17) is 20.9 Å². The van der Waals surface area contributed by atoms with Crippen LogP contribution in [0.1, 0.15) is 41.0 Å². The molecule has 0 bridgehead atoms. The average Bonchev–Trinajstić information content (AvgIpc) is 3.16. The molecule has 1 aliphatic rings. The molecule has 1 atom stereocenters. The lowest BCUT2D eigenvalue weighted by Gasteiger charge is -2.03. The summed E-state index contributed by atoms with van der Waals surface area (Å²) in [6, 6.07) is 1.55. The maximum atomic E-state index is 12.0. The molecule has 8 heteroatoms. The summed E-state index contributed by atoms with van der Waals surface area (Å²) in [5.74, 6) is 0.545. The molecule has 21 heavy (non-hydrogen) atoms. The van der Waals surface area contributed by atoms with Crippen LogP contribution in [0, 0.1) is 0 Å². The number of ether oxygens (including phenoxy) is 1. The summed E-state index contributed by atoms with van der Waals surface area (Å²) < 4.78 is 10.6. The maximum absolute atomic E-state index is 12.0. The largest absolute Gasteiger partial charge is 0.368 e. The second-order valence-corrected chi connectivity index (χ2v) is 5.00. The summed E-state index contributed by atoms with van der Waals surface area (Å²) in [4.78, 5) is 20.0. The number of rotatable bonds is 4. The quantitative estimate of drug-likeness (QED) is 0.927. The Bertz CT molecular complexity index is 640. The number of hydrogen-bond acceptors (Lipinski definition) is 6. The zero-order valence-corrected chi connectivity index (χ0v) is 11.8. The Morgan fingerprint density at radius 3 is 3.19 bits per heavy atom. The van der Waals surface area contributed by atoms with Crippen LogP contribution in [-0.2, 0) is 11.3 Å². The Morgan fingerprint density at radius 1 is 1.52 bits per heavy atom. The van der Waals surface area contributed by atoms with Gasteiger partial charge in [0.15, 0.2) is 5.82 Å². The fourth-order valence-electron chi connectivity index (χ4n) is 2.06. The minimum atomic E-state index is -0.314. The number of hydrogen-bond donors (Lipinski definition) is 1. The molecule has 1 amide bonds. The van der Waals surface area contributed by atoms with Crippen molar-refractivity contribution in [1.82, 2.24) is 20.4 Å². The van der Waals surface area contributed by atoms with Crippen LogP contribution in [0.2, 0.25) is 5.02 Å². The van der Waals surface area contributed by atoms with Gasteiger partial charge in [-0.25, -0.2) is 0 Å². The molecule has 2 aromatic rings. The average molecular weight is 309 g/mol. The van der Waals surface area contributed by atoms with Crippen molar-refractivity contribution in [3.05, 3.63) is 40.8 Å². The number of nitrogens with zero attached hydrogens (tertiary/aromatic N) is 3. The Hall–Kier alpha value is -1.99. The van der Waals surface area contributed by atoms with Gasteiger partial charge < -0.3 is 14.6 Å². The Kier molecular flexibility index (Phi) is 4.12. The molecule has 0 spiro atoms. The van der Waals surface area contributed by atoms with Gasteiger partial charge in [-0.3, -0.25) is 9.78 Å². The molecular formula is C13H13ClN4O3. The molecule has 3 heterocycles. The van der Waals surface area contributed by atoms with Gasteiger partial charge in [0.1, 0.15) is 6.10 Å². The standard InChI is InChI=1S/C13H13ClN4O3/c14-9-6-15-4-3-8(9)12(19)16-7-11-17-13(21-18-11)10-2-1-5-20-10/h3-4,6,10H,1-2,5,7H2,(H,16,19). The van der Waals surface area contributed by atoms with E-state index in [0.717, 1.165) is 12.8 Å². The third-order valence-corrected chi connectivity index (χ3v) is 3.41. The minimum absolute atomic E-state index is 0.128.